The topological polar surface area (TPSA) is 179 Å². The second-order valence-corrected chi connectivity index (χ2v) is 13.2. The Morgan fingerprint density at radius 2 is 1.15 bits per heavy atom. The summed E-state index contributed by atoms with van der Waals surface area (Å²) in [5, 5.41) is 7.25. The predicted octanol–water partition coefficient (Wildman–Crippen LogP) is 4.53. The Labute approximate surface area is 308 Å². The van der Waals surface area contributed by atoms with Crippen LogP contribution in [0.4, 0.5) is 41.1 Å². The van der Waals surface area contributed by atoms with Gasteiger partial charge in [0, 0.05) is 57.2 Å². The highest BCUT2D eigenvalue weighted by Crippen LogP contribution is 2.31. The number of hydrogen-bond donors (Lipinski definition) is 1. The Morgan fingerprint density at radius 1 is 0.685 bits per heavy atom. The number of ketones is 1. The van der Waals surface area contributed by atoms with Gasteiger partial charge in [-0.3, -0.25) is 14.6 Å². The van der Waals surface area contributed by atoms with Gasteiger partial charge in [0.05, 0.1) is 35.8 Å². The zero-order chi connectivity index (χ0) is 37.6. The van der Waals surface area contributed by atoms with Gasteiger partial charge < -0.3 is 43.5 Å². The summed E-state index contributed by atoms with van der Waals surface area (Å²) in [5.41, 5.74) is 7.74. The maximum absolute atomic E-state index is 14.6. The second-order valence-electron chi connectivity index (χ2n) is 13.2. The van der Waals surface area contributed by atoms with Crippen LogP contribution in [0.3, 0.4) is 0 Å². The largest absolute Gasteiger partial charge is 0.471 e. The van der Waals surface area contributed by atoms with Gasteiger partial charge >= 0.3 is 12.2 Å². The fourth-order valence-corrected chi connectivity index (χ4v) is 6.52. The molecule has 0 bridgehead atoms. The van der Waals surface area contributed by atoms with Gasteiger partial charge in [-0.05, 0) is 59.6 Å². The van der Waals surface area contributed by atoms with Gasteiger partial charge in [-0.2, -0.15) is 0 Å². The molecule has 2 aromatic heterocycles. The molecule has 4 saturated heterocycles. The zero-order valence-corrected chi connectivity index (χ0v) is 29.2. The van der Waals surface area contributed by atoms with Crippen LogP contribution in [0.25, 0.3) is 0 Å². The molecule has 4 fully saturated rings. The first-order valence-corrected chi connectivity index (χ1v) is 17.6. The first kappa shape index (κ1) is 36.4. The van der Waals surface area contributed by atoms with Crippen molar-refractivity contribution in [3.05, 3.63) is 72.7 Å². The first-order chi connectivity index (χ1) is 26.2. The predicted molar refractivity (Wildman–Crippen MR) is 188 cm³/mol. The molecular formula is C36H39F2N7O9. The van der Waals surface area contributed by atoms with Gasteiger partial charge in [0.2, 0.25) is 0 Å². The van der Waals surface area contributed by atoms with E-state index < -0.39 is 30.2 Å². The normalized spacial score (nSPS) is 20.5. The molecule has 18 heteroatoms. The molecule has 2 aromatic carbocycles. The number of piperidine rings is 2. The van der Waals surface area contributed by atoms with Crippen molar-refractivity contribution in [2.24, 2.45) is 5.73 Å². The van der Waals surface area contributed by atoms with Gasteiger partial charge in [0.1, 0.15) is 43.2 Å². The molecule has 286 valence electrons. The van der Waals surface area contributed by atoms with Crippen molar-refractivity contribution in [1.29, 1.82) is 0 Å². The van der Waals surface area contributed by atoms with Crippen LogP contribution in [-0.2, 0) is 14.3 Å². The van der Waals surface area contributed by atoms with Gasteiger partial charge in [0.15, 0.2) is 12.2 Å². The number of nitrogens with two attached hydrogens (primary N) is 1. The Morgan fingerprint density at radius 3 is 1.57 bits per heavy atom. The number of carbonyl (C=O) groups excluding carboxylic acids is 3. The highest BCUT2D eigenvalue weighted by atomic mass is 19.1. The van der Waals surface area contributed by atoms with Crippen LogP contribution in [0.2, 0.25) is 0 Å². The zero-order valence-electron chi connectivity index (χ0n) is 29.2. The Balaban J connectivity index is 0.000000167. The molecule has 0 aliphatic carbocycles. The Bertz CT molecular complexity index is 1900. The number of hydrogen-bond acceptors (Lipinski definition) is 14. The number of cyclic esters (lactones) is 2. The van der Waals surface area contributed by atoms with Crippen LogP contribution >= 0.6 is 0 Å². The van der Waals surface area contributed by atoms with Crippen molar-refractivity contribution in [3.63, 3.8) is 0 Å². The number of nitrogens with zero attached hydrogens (tertiary/aromatic N) is 6. The number of Topliss-reactive ketones (excluding diaryl/α,β-unsaturated/α-hetero) is 1. The lowest BCUT2D eigenvalue weighted by atomic mass is 10.1. The lowest BCUT2D eigenvalue weighted by molar-refractivity contribution is -0.119. The number of rotatable bonds is 10. The molecule has 8 rings (SSSR count). The standard InChI is InChI=1S/C18H21FN4O4.C18H18FN3O5/c19-15-9-13(1-2-16(15)22-6-3-12(20)4-7-22)23-10-14(27-18(23)24)11-25-17-5-8-26-21-17;19-15-9-12(1-2-16(15)21-6-3-13(23)4-7-21)22-10-14(27-18(22)24)11-25-17-5-8-26-20-17/h1-2,5,8-9,12,14H,3-4,6-7,10-11,20H2;1-2,5,8-9,14H,3-4,6-7,10-11H2/t2*14-/m11/s1. The molecule has 4 aliphatic heterocycles. The van der Waals surface area contributed by atoms with Crippen molar-refractivity contribution >= 4 is 40.7 Å². The molecule has 4 aromatic rings. The van der Waals surface area contributed by atoms with E-state index >= 15 is 0 Å². The number of halogens is 2. The minimum Gasteiger partial charge on any atom is -0.471 e. The molecule has 6 heterocycles. The molecule has 2 N–H and O–H groups in total. The quantitative estimate of drug-likeness (QED) is 0.239. The monoisotopic (exact) mass is 751 g/mol. The number of anilines is 4. The van der Waals surface area contributed by atoms with Crippen LogP contribution in [0.15, 0.2) is 70.1 Å². The fraction of sp³-hybridized carbons (Fsp3) is 0.417. The molecule has 0 saturated carbocycles. The average molecular weight is 752 g/mol. The van der Waals surface area contributed by atoms with E-state index in [2.05, 4.69) is 19.4 Å². The van der Waals surface area contributed by atoms with Crippen LogP contribution in [0, 0.1) is 11.6 Å². The summed E-state index contributed by atoms with van der Waals surface area (Å²) in [6, 6.07) is 12.7. The number of benzene rings is 2. The average Bonchev–Trinajstić information content (AvgIpc) is 4.00. The van der Waals surface area contributed by atoms with Crippen molar-refractivity contribution in [2.75, 3.05) is 72.1 Å². The summed E-state index contributed by atoms with van der Waals surface area (Å²) in [7, 11) is 0. The molecule has 0 unspecified atom stereocenters. The number of aromatic nitrogens is 2. The van der Waals surface area contributed by atoms with E-state index in [1.165, 1.54) is 34.5 Å². The smallest absolute Gasteiger partial charge is 0.414 e. The van der Waals surface area contributed by atoms with Crippen LogP contribution < -0.4 is 34.8 Å². The molecular weight excluding hydrogens is 712 g/mol. The van der Waals surface area contributed by atoms with E-state index in [0.717, 1.165) is 25.9 Å². The first-order valence-electron chi connectivity index (χ1n) is 17.6. The van der Waals surface area contributed by atoms with E-state index in [1.54, 1.807) is 36.4 Å². The Hall–Kier alpha value is -5.91. The SMILES string of the molecule is NC1CCN(c2ccc(N3C[C@H](COc4ccon4)OC3=O)cc2F)CC1.O=C1CCN(c2ccc(N3C[C@H](COc4ccon4)OC3=O)cc2F)CC1. The lowest BCUT2D eigenvalue weighted by Gasteiger charge is -2.32. The summed E-state index contributed by atoms with van der Waals surface area (Å²) >= 11 is 0. The third-order valence-electron chi connectivity index (χ3n) is 9.44. The summed E-state index contributed by atoms with van der Waals surface area (Å²) in [6.45, 7) is 3.24. The summed E-state index contributed by atoms with van der Waals surface area (Å²) in [6.07, 6.45) is 3.25. The molecule has 0 radical (unpaired) electrons. The molecule has 0 spiro atoms. The van der Waals surface area contributed by atoms with E-state index in [9.17, 15) is 23.2 Å². The van der Waals surface area contributed by atoms with E-state index in [4.69, 9.17) is 24.7 Å². The third kappa shape index (κ3) is 8.65. The highest BCUT2D eigenvalue weighted by Gasteiger charge is 2.35. The number of ether oxygens (including phenoxy) is 4. The van der Waals surface area contributed by atoms with E-state index in [-0.39, 0.29) is 43.9 Å². The third-order valence-corrected chi connectivity index (χ3v) is 9.44. The van der Waals surface area contributed by atoms with Crippen molar-refractivity contribution in [2.45, 2.75) is 43.9 Å². The highest BCUT2D eigenvalue weighted by molar-refractivity contribution is 5.91. The fourth-order valence-electron chi connectivity index (χ4n) is 6.52. The van der Waals surface area contributed by atoms with Crippen molar-refractivity contribution < 1.29 is 51.2 Å². The lowest BCUT2D eigenvalue weighted by Crippen LogP contribution is -2.40. The summed E-state index contributed by atoms with van der Waals surface area (Å²) in [4.78, 5) is 42.2. The van der Waals surface area contributed by atoms with Gasteiger partial charge in [0.25, 0.3) is 11.8 Å². The molecule has 2 amide bonds. The van der Waals surface area contributed by atoms with Gasteiger partial charge in [-0.25, -0.2) is 18.4 Å². The maximum Gasteiger partial charge on any atom is 0.414 e. The number of carbonyl (C=O) groups is 3. The van der Waals surface area contributed by atoms with Crippen LogP contribution in [-0.4, -0.2) is 99.0 Å². The summed E-state index contributed by atoms with van der Waals surface area (Å²) < 4.78 is 59.9. The van der Waals surface area contributed by atoms with E-state index in [0.29, 0.717) is 60.4 Å². The van der Waals surface area contributed by atoms with Gasteiger partial charge in [-0.15, -0.1) is 0 Å². The molecule has 16 nitrogen and oxygen atoms in total. The second kappa shape index (κ2) is 16.4. The maximum atomic E-state index is 14.6. The minimum absolute atomic E-state index is 0.122. The minimum atomic E-state index is -0.556. The van der Waals surface area contributed by atoms with Gasteiger partial charge in [-0.1, -0.05) is 0 Å². The molecule has 4 aliphatic rings. The van der Waals surface area contributed by atoms with E-state index in [1.807, 2.05) is 9.80 Å². The Kier molecular flexibility index (Phi) is 11.1. The van der Waals surface area contributed by atoms with Crippen molar-refractivity contribution in [1.82, 2.24) is 10.3 Å². The number of amides is 2. The molecule has 54 heavy (non-hydrogen) atoms. The van der Waals surface area contributed by atoms with Crippen LogP contribution in [0.5, 0.6) is 11.8 Å². The summed E-state index contributed by atoms with van der Waals surface area (Å²) in [5.74, 6) is 0.0260. The van der Waals surface area contributed by atoms with Crippen molar-refractivity contribution in [3.8, 4) is 11.8 Å². The molecule has 2 atom stereocenters. The van der Waals surface area contributed by atoms with Crippen LogP contribution in [0.1, 0.15) is 25.7 Å².